The van der Waals surface area contributed by atoms with Gasteiger partial charge in [0.2, 0.25) is 0 Å². The van der Waals surface area contributed by atoms with Crippen LogP contribution < -0.4 is 0 Å². The number of carboxylic acid groups (broad SMARTS) is 2. The smallest absolute Gasteiger partial charge is 0.309 e. The molecule has 2 unspecified atom stereocenters. The van der Waals surface area contributed by atoms with Gasteiger partial charge in [-0.15, -0.1) is 0 Å². The van der Waals surface area contributed by atoms with Crippen LogP contribution in [0.4, 0.5) is 0 Å². The van der Waals surface area contributed by atoms with Crippen LogP contribution in [-0.4, -0.2) is 22.2 Å². The summed E-state index contributed by atoms with van der Waals surface area (Å²) >= 11 is 0. The van der Waals surface area contributed by atoms with E-state index in [2.05, 4.69) is 13.5 Å². The Kier molecular flexibility index (Phi) is 6.01. The van der Waals surface area contributed by atoms with Gasteiger partial charge >= 0.3 is 11.9 Å². The van der Waals surface area contributed by atoms with Gasteiger partial charge < -0.3 is 10.2 Å². The van der Waals surface area contributed by atoms with E-state index in [1.54, 1.807) is 0 Å². The van der Waals surface area contributed by atoms with Crippen molar-refractivity contribution in [1.82, 2.24) is 0 Å². The van der Waals surface area contributed by atoms with E-state index in [9.17, 15) is 14.7 Å². The Morgan fingerprint density at radius 1 is 1.28 bits per heavy atom. The van der Waals surface area contributed by atoms with E-state index in [-0.39, 0.29) is 23.7 Å². The molecular weight excluding hydrogens is 316 g/mol. The lowest BCUT2D eigenvalue weighted by Crippen LogP contribution is -2.53. The van der Waals surface area contributed by atoms with E-state index < -0.39 is 17.4 Å². The van der Waals surface area contributed by atoms with Crippen molar-refractivity contribution < 1.29 is 19.8 Å². The molecule has 0 bridgehead atoms. The monoisotopic (exact) mass is 350 g/mol. The quantitative estimate of drug-likeness (QED) is 0.624. The van der Waals surface area contributed by atoms with Gasteiger partial charge in [-0.05, 0) is 62.2 Å². The molecule has 0 aromatic carbocycles. The van der Waals surface area contributed by atoms with Crippen LogP contribution in [0, 0.1) is 28.6 Å². The summed E-state index contributed by atoms with van der Waals surface area (Å²) in [6.07, 6.45) is 7.81. The predicted molar refractivity (Wildman–Crippen MR) is 98.3 cm³/mol. The Balaban J connectivity index is 2.10. The fraction of sp³-hybridized carbons (Fsp3) is 0.810. The zero-order valence-corrected chi connectivity index (χ0v) is 16.0. The molecule has 142 valence electrons. The van der Waals surface area contributed by atoms with Crippen LogP contribution in [-0.2, 0) is 9.59 Å². The number of aliphatic carboxylic acids is 2. The van der Waals surface area contributed by atoms with Crippen molar-refractivity contribution in [1.29, 1.82) is 0 Å². The number of rotatable bonds is 7. The third-order valence-electron chi connectivity index (χ3n) is 7.22. The molecule has 2 rings (SSSR count). The summed E-state index contributed by atoms with van der Waals surface area (Å²) in [6.45, 7) is 10.6. The second-order valence-electron chi connectivity index (χ2n) is 9.02. The number of carbonyl (C=O) groups is 2. The molecule has 0 saturated heterocycles. The highest BCUT2D eigenvalue weighted by atomic mass is 16.4. The van der Waals surface area contributed by atoms with Crippen LogP contribution in [0.15, 0.2) is 12.2 Å². The van der Waals surface area contributed by atoms with Crippen molar-refractivity contribution >= 4 is 11.9 Å². The standard InChI is InChI=1S/C21H34O4/c1-14(13-18(22)23)7-5-8-16-15(2)9-10-17-20(16,3)11-6-12-21(17,4)19(24)25/h14,16-17H,2,5-13H2,1,3-4H3,(H,22,23)(H,24,25)/t14?,16-,17?,20-,21-/m1/s1. The van der Waals surface area contributed by atoms with Gasteiger partial charge in [0.15, 0.2) is 0 Å². The lowest BCUT2D eigenvalue weighted by Gasteiger charge is -2.57. The molecule has 25 heavy (non-hydrogen) atoms. The summed E-state index contributed by atoms with van der Waals surface area (Å²) < 4.78 is 0. The zero-order valence-electron chi connectivity index (χ0n) is 16.0. The van der Waals surface area contributed by atoms with E-state index in [1.807, 2.05) is 13.8 Å². The van der Waals surface area contributed by atoms with Gasteiger partial charge in [0.25, 0.3) is 0 Å². The maximum absolute atomic E-state index is 12.0. The molecule has 4 heteroatoms. The summed E-state index contributed by atoms with van der Waals surface area (Å²) in [4.78, 5) is 22.8. The number of allylic oxidation sites excluding steroid dienone is 1. The van der Waals surface area contributed by atoms with Crippen molar-refractivity contribution in [2.75, 3.05) is 0 Å². The maximum Gasteiger partial charge on any atom is 0.309 e. The van der Waals surface area contributed by atoms with Crippen LogP contribution in [0.25, 0.3) is 0 Å². The molecule has 5 atom stereocenters. The van der Waals surface area contributed by atoms with Crippen LogP contribution >= 0.6 is 0 Å². The topological polar surface area (TPSA) is 74.6 Å². The minimum absolute atomic E-state index is 0.0107. The third kappa shape index (κ3) is 3.93. The van der Waals surface area contributed by atoms with Crippen LogP contribution in [0.5, 0.6) is 0 Å². The molecule has 0 heterocycles. The highest BCUT2D eigenvalue weighted by Crippen LogP contribution is 2.62. The van der Waals surface area contributed by atoms with Crippen LogP contribution in [0.1, 0.15) is 78.6 Å². The Bertz CT molecular complexity index is 540. The van der Waals surface area contributed by atoms with E-state index in [0.717, 1.165) is 51.4 Å². The van der Waals surface area contributed by atoms with Crippen molar-refractivity contribution in [2.24, 2.45) is 28.6 Å². The average molecular weight is 350 g/mol. The Labute approximate surface area is 151 Å². The van der Waals surface area contributed by atoms with Gasteiger partial charge in [0, 0.05) is 6.42 Å². The first-order valence-electron chi connectivity index (χ1n) is 9.74. The van der Waals surface area contributed by atoms with Crippen molar-refractivity contribution in [3.8, 4) is 0 Å². The van der Waals surface area contributed by atoms with Gasteiger partial charge in [-0.1, -0.05) is 45.3 Å². The Hall–Kier alpha value is -1.32. The molecule has 0 aliphatic heterocycles. The zero-order chi connectivity index (χ0) is 18.8. The highest BCUT2D eigenvalue weighted by molar-refractivity contribution is 5.75. The number of hydrogen-bond acceptors (Lipinski definition) is 2. The first kappa shape index (κ1) is 20.0. The second kappa shape index (κ2) is 7.51. The summed E-state index contributed by atoms with van der Waals surface area (Å²) in [6, 6.07) is 0. The summed E-state index contributed by atoms with van der Waals surface area (Å²) in [5, 5.41) is 18.8. The van der Waals surface area contributed by atoms with E-state index >= 15 is 0 Å². The molecule has 0 aromatic rings. The fourth-order valence-electron chi connectivity index (χ4n) is 5.81. The summed E-state index contributed by atoms with van der Waals surface area (Å²) in [7, 11) is 0. The first-order valence-corrected chi connectivity index (χ1v) is 9.74. The SMILES string of the molecule is C=C1CCC2[C@](C)(C(=O)O)CCC[C@]2(C)[C@@H]1CCCC(C)CC(=O)O. The molecule has 2 aliphatic rings. The molecule has 0 aromatic heterocycles. The fourth-order valence-corrected chi connectivity index (χ4v) is 5.81. The molecule has 4 nitrogen and oxygen atoms in total. The molecule has 2 saturated carbocycles. The number of hydrogen-bond donors (Lipinski definition) is 2. The molecular formula is C21H34O4. The number of carboxylic acids is 2. The molecule has 2 aliphatic carbocycles. The summed E-state index contributed by atoms with van der Waals surface area (Å²) in [5.74, 6) is -0.620. The van der Waals surface area contributed by atoms with Gasteiger partial charge in [0.1, 0.15) is 0 Å². The largest absolute Gasteiger partial charge is 0.481 e. The predicted octanol–water partition coefficient (Wildman–Crippen LogP) is 5.13. The molecule has 0 radical (unpaired) electrons. The third-order valence-corrected chi connectivity index (χ3v) is 7.22. The second-order valence-corrected chi connectivity index (χ2v) is 9.02. The van der Waals surface area contributed by atoms with Crippen molar-refractivity contribution in [2.45, 2.75) is 78.6 Å². The highest BCUT2D eigenvalue weighted by Gasteiger charge is 2.57. The Morgan fingerprint density at radius 3 is 2.56 bits per heavy atom. The molecule has 0 amide bonds. The van der Waals surface area contributed by atoms with Crippen LogP contribution in [0.2, 0.25) is 0 Å². The Morgan fingerprint density at radius 2 is 1.96 bits per heavy atom. The lowest BCUT2D eigenvalue weighted by molar-refractivity contribution is -0.164. The number of fused-ring (bicyclic) bond motifs is 1. The lowest BCUT2D eigenvalue weighted by atomic mass is 9.46. The normalized spacial score (nSPS) is 36.5. The molecule has 0 spiro atoms. The maximum atomic E-state index is 12.0. The molecule has 2 N–H and O–H groups in total. The van der Waals surface area contributed by atoms with Gasteiger partial charge in [-0.2, -0.15) is 0 Å². The van der Waals surface area contributed by atoms with E-state index in [4.69, 9.17) is 5.11 Å². The van der Waals surface area contributed by atoms with E-state index in [0.29, 0.717) is 5.92 Å². The van der Waals surface area contributed by atoms with Gasteiger partial charge in [-0.3, -0.25) is 9.59 Å². The molecule has 2 fully saturated rings. The summed E-state index contributed by atoms with van der Waals surface area (Å²) in [5.41, 5.74) is 0.665. The van der Waals surface area contributed by atoms with Gasteiger partial charge in [0.05, 0.1) is 5.41 Å². The van der Waals surface area contributed by atoms with Crippen molar-refractivity contribution in [3.63, 3.8) is 0 Å². The first-order chi connectivity index (χ1) is 11.6. The minimum Gasteiger partial charge on any atom is -0.481 e. The minimum atomic E-state index is -0.730. The average Bonchev–Trinajstić information content (AvgIpc) is 2.49. The van der Waals surface area contributed by atoms with E-state index in [1.165, 1.54) is 5.57 Å². The van der Waals surface area contributed by atoms with Crippen molar-refractivity contribution in [3.05, 3.63) is 12.2 Å². The van der Waals surface area contributed by atoms with Crippen LogP contribution in [0.3, 0.4) is 0 Å². The van der Waals surface area contributed by atoms with Gasteiger partial charge in [-0.25, -0.2) is 0 Å².